The first kappa shape index (κ1) is 22.4. The molecule has 1 atom stereocenters. The van der Waals surface area contributed by atoms with Gasteiger partial charge in [0.25, 0.3) is 0 Å². The van der Waals surface area contributed by atoms with Crippen LogP contribution in [0.5, 0.6) is 0 Å². The average molecular weight is 407 g/mol. The third-order valence-electron chi connectivity index (χ3n) is 4.25. The van der Waals surface area contributed by atoms with Crippen LogP contribution in [0.4, 0.5) is 18.9 Å². The summed E-state index contributed by atoms with van der Waals surface area (Å²) in [5.41, 5.74) is 0.730. The summed E-state index contributed by atoms with van der Waals surface area (Å²) < 4.78 is 39.7. The smallest absolute Gasteiger partial charge is 0.238 e. The van der Waals surface area contributed by atoms with E-state index in [2.05, 4.69) is 10.6 Å². The second-order valence-electron chi connectivity index (χ2n) is 6.94. The maximum atomic E-state index is 13.6. The van der Waals surface area contributed by atoms with Crippen molar-refractivity contribution in [1.82, 2.24) is 10.2 Å². The van der Waals surface area contributed by atoms with E-state index in [1.165, 1.54) is 10.5 Å². The normalized spacial score (nSPS) is 11.9. The lowest BCUT2D eigenvalue weighted by Gasteiger charge is -2.19. The number of carbonyl (C=O) groups excluding carboxylic acids is 2. The van der Waals surface area contributed by atoms with Gasteiger partial charge in [0.1, 0.15) is 0 Å². The van der Waals surface area contributed by atoms with E-state index in [1.807, 2.05) is 37.3 Å². The third-order valence-corrected chi connectivity index (χ3v) is 4.25. The molecule has 0 aliphatic heterocycles. The number of hydrogen-bond acceptors (Lipinski definition) is 3. The number of nitrogens with one attached hydrogen (secondary N) is 2. The molecule has 0 saturated heterocycles. The van der Waals surface area contributed by atoms with Crippen molar-refractivity contribution < 1.29 is 22.8 Å². The van der Waals surface area contributed by atoms with Crippen LogP contribution in [-0.2, 0) is 16.0 Å². The van der Waals surface area contributed by atoms with E-state index in [-0.39, 0.29) is 25.0 Å². The van der Waals surface area contributed by atoms with Crippen molar-refractivity contribution in [2.45, 2.75) is 25.8 Å². The van der Waals surface area contributed by atoms with Gasteiger partial charge in [-0.25, -0.2) is 13.2 Å². The zero-order chi connectivity index (χ0) is 21.4. The molecule has 29 heavy (non-hydrogen) atoms. The Morgan fingerprint density at radius 1 is 0.966 bits per heavy atom. The Bertz CT molecular complexity index is 847. The molecule has 0 saturated carbocycles. The van der Waals surface area contributed by atoms with Crippen LogP contribution in [-0.4, -0.2) is 42.9 Å². The molecule has 0 radical (unpaired) electrons. The monoisotopic (exact) mass is 407 g/mol. The van der Waals surface area contributed by atoms with Crippen LogP contribution in [0.2, 0.25) is 0 Å². The third kappa shape index (κ3) is 7.23. The van der Waals surface area contributed by atoms with E-state index >= 15 is 0 Å². The van der Waals surface area contributed by atoms with Crippen LogP contribution >= 0.6 is 0 Å². The molecule has 0 aromatic heterocycles. The summed E-state index contributed by atoms with van der Waals surface area (Å²) in [6, 6.07) is 11.5. The molecule has 0 aliphatic carbocycles. The van der Waals surface area contributed by atoms with Crippen molar-refractivity contribution in [2.75, 3.05) is 25.5 Å². The standard InChI is InChI=1S/C21H24F3N3O2/c1-14(8-9-15-6-4-3-5-7-15)25-18(28)12-27(2)13-19(29)26-17-11-10-16(22)20(23)21(17)24/h3-7,10-11,14H,8-9,12-13H2,1-2H3,(H,25,28)(H,26,29)/t14-/m0/s1. The Morgan fingerprint density at radius 2 is 1.62 bits per heavy atom. The highest BCUT2D eigenvalue weighted by Crippen LogP contribution is 2.19. The number of hydrogen-bond donors (Lipinski definition) is 2. The van der Waals surface area contributed by atoms with E-state index < -0.39 is 29.0 Å². The minimum atomic E-state index is -1.65. The van der Waals surface area contributed by atoms with Crippen LogP contribution in [0.3, 0.4) is 0 Å². The highest BCUT2D eigenvalue weighted by molar-refractivity contribution is 5.92. The first-order valence-corrected chi connectivity index (χ1v) is 9.21. The van der Waals surface area contributed by atoms with Crippen molar-refractivity contribution in [3.63, 3.8) is 0 Å². The van der Waals surface area contributed by atoms with Crippen molar-refractivity contribution in [3.8, 4) is 0 Å². The van der Waals surface area contributed by atoms with E-state index in [0.29, 0.717) is 0 Å². The van der Waals surface area contributed by atoms with Crippen LogP contribution in [0, 0.1) is 17.5 Å². The van der Waals surface area contributed by atoms with Crippen LogP contribution in [0.1, 0.15) is 18.9 Å². The van der Waals surface area contributed by atoms with Gasteiger partial charge in [-0.15, -0.1) is 0 Å². The quantitative estimate of drug-likeness (QED) is 0.628. The summed E-state index contributed by atoms with van der Waals surface area (Å²) in [6.45, 7) is 1.65. The largest absolute Gasteiger partial charge is 0.353 e. The number of aryl methyl sites for hydroxylation is 1. The van der Waals surface area contributed by atoms with E-state index in [4.69, 9.17) is 0 Å². The fraction of sp³-hybridized carbons (Fsp3) is 0.333. The predicted molar refractivity (Wildman–Crippen MR) is 105 cm³/mol. The fourth-order valence-electron chi connectivity index (χ4n) is 2.78. The van der Waals surface area contributed by atoms with Gasteiger partial charge in [-0.1, -0.05) is 30.3 Å². The summed E-state index contributed by atoms with van der Waals surface area (Å²) >= 11 is 0. The molecule has 0 unspecified atom stereocenters. The first-order chi connectivity index (χ1) is 13.8. The molecule has 0 aliphatic rings. The second-order valence-corrected chi connectivity index (χ2v) is 6.94. The molecule has 0 spiro atoms. The fourth-order valence-corrected chi connectivity index (χ4v) is 2.78. The SMILES string of the molecule is C[C@@H](CCc1ccccc1)NC(=O)CN(C)CC(=O)Nc1ccc(F)c(F)c1F. The summed E-state index contributed by atoms with van der Waals surface area (Å²) in [5.74, 6) is -5.36. The van der Waals surface area contributed by atoms with Gasteiger partial charge >= 0.3 is 0 Å². The molecule has 2 aromatic carbocycles. The number of rotatable bonds is 9. The molecule has 2 aromatic rings. The molecule has 156 valence electrons. The first-order valence-electron chi connectivity index (χ1n) is 9.21. The molecule has 2 amide bonds. The summed E-state index contributed by atoms with van der Waals surface area (Å²) in [4.78, 5) is 25.5. The second kappa shape index (κ2) is 10.6. The van der Waals surface area contributed by atoms with Crippen molar-refractivity contribution in [2.24, 2.45) is 0 Å². The van der Waals surface area contributed by atoms with Gasteiger partial charge in [-0.3, -0.25) is 14.5 Å². The molecule has 0 heterocycles. The van der Waals surface area contributed by atoms with Gasteiger partial charge in [-0.2, -0.15) is 0 Å². The minimum Gasteiger partial charge on any atom is -0.353 e. The van der Waals surface area contributed by atoms with E-state index in [0.717, 1.165) is 25.0 Å². The number of benzene rings is 2. The van der Waals surface area contributed by atoms with E-state index in [1.54, 1.807) is 7.05 Å². The zero-order valence-corrected chi connectivity index (χ0v) is 16.3. The summed E-state index contributed by atoms with van der Waals surface area (Å²) in [5, 5.41) is 5.03. The molecule has 2 N–H and O–H groups in total. The zero-order valence-electron chi connectivity index (χ0n) is 16.3. The maximum Gasteiger partial charge on any atom is 0.238 e. The molecular weight excluding hydrogens is 383 g/mol. The van der Waals surface area contributed by atoms with Gasteiger partial charge in [0.05, 0.1) is 18.8 Å². The number of carbonyl (C=O) groups is 2. The lowest BCUT2D eigenvalue weighted by atomic mass is 10.1. The van der Waals surface area contributed by atoms with Crippen molar-refractivity contribution in [1.29, 1.82) is 0 Å². The minimum absolute atomic E-state index is 0.0383. The van der Waals surface area contributed by atoms with Crippen LogP contribution in [0.25, 0.3) is 0 Å². The average Bonchev–Trinajstić information content (AvgIpc) is 2.67. The number of likely N-dealkylation sites (N-methyl/N-ethyl adjacent to an activating group) is 1. The van der Waals surface area contributed by atoms with Gasteiger partial charge in [0, 0.05) is 6.04 Å². The lowest BCUT2D eigenvalue weighted by molar-refractivity contribution is -0.123. The molecular formula is C21H24F3N3O2. The highest BCUT2D eigenvalue weighted by Gasteiger charge is 2.17. The summed E-state index contributed by atoms with van der Waals surface area (Å²) in [6.07, 6.45) is 1.61. The predicted octanol–water partition coefficient (Wildman–Crippen LogP) is 3.11. The maximum absolute atomic E-state index is 13.6. The molecule has 5 nitrogen and oxygen atoms in total. The number of amides is 2. The van der Waals surface area contributed by atoms with Gasteiger partial charge in [0.2, 0.25) is 11.8 Å². The van der Waals surface area contributed by atoms with E-state index in [9.17, 15) is 22.8 Å². The van der Waals surface area contributed by atoms with Crippen LogP contribution in [0.15, 0.2) is 42.5 Å². The van der Waals surface area contributed by atoms with Crippen molar-refractivity contribution >= 4 is 17.5 Å². The molecule has 8 heteroatoms. The van der Waals surface area contributed by atoms with Gasteiger partial charge in [0.15, 0.2) is 17.5 Å². The molecule has 2 rings (SSSR count). The summed E-state index contributed by atoms with van der Waals surface area (Å²) in [7, 11) is 1.55. The number of anilines is 1. The van der Waals surface area contributed by atoms with Crippen molar-refractivity contribution in [3.05, 3.63) is 65.5 Å². The lowest BCUT2D eigenvalue weighted by Crippen LogP contribution is -2.42. The number of nitrogens with zero attached hydrogens (tertiary/aromatic N) is 1. The Labute approximate surface area is 167 Å². The highest BCUT2D eigenvalue weighted by atomic mass is 19.2. The topological polar surface area (TPSA) is 61.4 Å². The Hall–Kier alpha value is -2.87. The number of halogens is 3. The van der Waals surface area contributed by atoms with Gasteiger partial charge < -0.3 is 10.6 Å². The molecule has 0 fully saturated rings. The molecule has 0 bridgehead atoms. The Balaban J connectivity index is 1.74. The van der Waals surface area contributed by atoms with Gasteiger partial charge in [-0.05, 0) is 44.5 Å². The van der Waals surface area contributed by atoms with Crippen LogP contribution < -0.4 is 10.6 Å². The Kier molecular flexibility index (Phi) is 8.21. The Morgan fingerprint density at radius 3 is 2.31 bits per heavy atom.